The first-order valence-electron chi connectivity index (χ1n) is 13.6. The summed E-state index contributed by atoms with van der Waals surface area (Å²) < 4.78 is 10.9. The van der Waals surface area contributed by atoms with Gasteiger partial charge in [0.05, 0.1) is 30.7 Å². The van der Waals surface area contributed by atoms with Crippen LogP contribution < -0.4 is 4.74 Å². The van der Waals surface area contributed by atoms with Gasteiger partial charge in [-0.05, 0) is 67.5 Å². The molecule has 2 fully saturated rings. The van der Waals surface area contributed by atoms with Crippen molar-refractivity contribution < 1.29 is 19.1 Å². The number of benzene rings is 2. The van der Waals surface area contributed by atoms with E-state index in [9.17, 15) is 9.59 Å². The van der Waals surface area contributed by atoms with Crippen LogP contribution in [0, 0.1) is 5.92 Å². The van der Waals surface area contributed by atoms with E-state index in [1.807, 2.05) is 43.1 Å². The third-order valence-electron chi connectivity index (χ3n) is 8.51. The molecule has 0 N–H and O–H groups in total. The first kappa shape index (κ1) is 26.2. The van der Waals surface area contributed by atoms with Crippen LogP contribution in [0.4, 0.5) is 0 Å². The summed E-state index contributed by atoms with van der Waals surface area (Å²) in [7, 11) is 3.27. The van der Waals surface area contributed by atoms with Gasteiger partial charge in [0.15, 0.2) is 0 Å². The Morgan fingerprint density at radius 2 is 1.58 bits per heavy atom. The molecule has 0 bridgehead atoms. The maximum atomic E-state index is 14.0. The second kappa shape index (κ2) is 11.9. The fraction of sp³-hybridized carbons (Fsp3) is 0.548. The van der Waals surface area contributed by atoms with Gasteiger partial charge in [-0.15, -0.1) is 0 Å². The molecule has 5 nitrogen and oxygen atoms in total. The number of carbonyl (C=O) groups is 2. The molecule has 2 aromatic carbocycles. The van der Waals surface area contributed by atoms with E-state index in [0.29, 0.717) is 5.56 Å². The molecular weight excluding hydrogens is 450 g/mol. The fourth-order valence-corrected chi connectivity index (χ4v) is 6.05. The Hall–Kier alpha value is -2.82. The number of carbonyl (C=O) groups excluding carboxylic acids is 2. The zero-order chi connectivity index (χ0) is 25.5. The molecule has 0 radical (unpaired) electrons. The summed E-state index contributed by atoms with van der Waals surface area (Å²) in [5, 5.41) is 0. The minimum Gasteiger partial charge on any atom is -0.494 e. The molecule has 5 heteroatoms. The Bertz CT molecular complexity index is 1000. The number of esters is 1. The van der Waals surface area contributed by atoms with E-state index in [2.05, 4.69) is 12.1 Å². The fourth-order valence-electron chi connectivity index (χ4n) is 6.05. The van der Waals surface area contributed by atoms with Crippen LogP contribution >= 0.6 is 0 Å². The maximum absolute atomic E-state index is 14.0. The number of likely N-dealkylation sites (N-methyl/N-ethyl adjacent to an activating group) is 1. The van der Waals surface area contributed by atoms with Crippen molar-refractivity contribution in [3.05, 3.63) is 65.2 Å². The molecule has 4 rings (SSSR count). The predicted octanol–water partition coefficient (Wildman–Crippen LogP) is 6.85. The SMILES string of the molecule is COC(=O)c1ccc(C(C)N(C)C(=O)C2(c3ccc(OCCC4CCCCC4)cc3)CCCC2)cc1. The number of nitrogens with zero attached hydrogens (tertiary/aromatic N) is 1. The van der Waals surface area contributed by atoms with Crippen molar-refractivity contribution in [2.24, 2.45) is 5.92 Å². The van der Waals surface area contributed by atoms with Crippen LogP contribution in [0.3, 0.4) is 0 Å². The van der Waals surface area contributed by atoms with Gasteiger partial charge in [0.2, 0.25) is 5.91 Å². The molecular formula is C31H41NO4. The summed E-state index contributed by atoms with van der Waals surface area (Å²) in [4.78, 5) is 27.6. The first-order chi connectivity index (χ1) is 17.4. The third kappa shape index (κ3) is 5.77. The second-order valence-corrected chi connectivity index (χ2v) is 10.7. The van der Waals surface area contributed by atoms with E-state index in [1.165, 1.54) is 39.2 Å². The van der Waals surface area contributed by atoms with E-state index in [1.54, 1.807) is 12.1 Å². The topological polar surface area (TPSA) is 55.8 Å². The van der Waals surface area contributed by atoms with Crippen molar-refractivity contribution in [1.29, 1.82) is 0 Å². The Kier molecular flexibility index (Phi) is 8.71. The van der Waals surface area contributed by atoms with Gasteiger partial charge < -0.3 is 14.4 Å². The summed E-state index contributed by atoms with van der Waals surface area (Å²) in [5.41, 5.74) is 2.10. The standard InChI is InChI=1S/C31H41NO4/c1-23(25-11-13-26(14-12-25)29(33)35-3)32(2)30(34)31(20-7-8-21-31)27-15-17-28(18-16-27)36-22-19-24-9-5-4-6-10-24/h11-18,23-24H,4-10,19-22H2,1-3H3. The summed E-state index contributed by atoms with van der Waals surface area (Å²) in [6.45, 7) is 2.81. The van der Waals surface area contributed by atoms with Gasteiger partial charge in [-0.25, -0.2) is 4.79 Å². The van der Waals surface area contributed by atoms with E-state index in [0.717, 1.165) is 61.5 Å². The molecule has 2 aliphatic rings. The number of ether oxygens (including phenoxy) is 2. The van der Waals surface area contributed by atoms with Gasteiger partial charge in [-0.1, -0.05) is 69.2 Å². The minimum atomic E-state index is -0.490. The average Bonchev–Trinajstić information content (AvgIpc) is 3.43. The highest BCUT2D eigenvalue weighted by atomic mass is 16.5. The molecule has 1 amide bonds. The summed E-state index contributed by atoms with van der Waals surface area (Å²) >= 11 is 0. The second-order valence-electron chi connectivity index (χ2n) is 10.7. The van der Waals surface area contributed by atoms with Crippen molar-refractivity contribution in [1.82, 2.24) is 4.90 Å². The van der Waals surface area contributed by atoms with Crippen LogP contribution in [0.2, 0.25) is 0 Å². The number of hydrogen-bond donors (Lipinski definition) is 0. The van der Waals surface area contributed by atoms with E-state index < -0.39 is 5.41 Å². The zero-order valence-corrected chi connectivity index (χ0v) is 22.1. The van der Waals surface area contributed by atoms with Crippen molar-refractivity contribution in [2.45, 2.75) is 82.6 Å². The van der Waals surface area contributed by atoms with Gasteiger partial charge in [0.1, 0.15) is 5.75 Å². The Morgan fingerprint density at radius 3 is 2.19 bits per heavy atom. The van der Waals surface area contributed by atoms with Gasteiger partial charge in [0, 0.05) is 7.05 Å². The van der Waals surface area contributed by atoms with Crippen LogP contribution in [0.15, 0.2) is 48.5 Å². The molecule has 0 saturated heterocycles. The molecule has 194 valence electrons. The lowest BCUT2D eigenvalue weighted by Gasteiger charge is -2.36. The minimum absolute atomic E-state index is 0.107. The molecule has 0 heterocycles. The molecule has 0 spiro atoms. The monoisotopic (exact) mass is 491 g/mol. The summed E-state index contributed by atoms with van der Waals surface area (Å²) in [5.74, 6) is 1.51. The van der Waals surface area contributed by atoms with Crippen molar-refractivity contribution in [3.63, 3.8) is 0 Å². The van der Waals surface area contributed by atoms with Crippen molar-refractivity contribution in [3.8, 4) is 5.75 Å². The lowest BCUT2D eigenvalue weighted by molar-refractivity contribution is -0.138. The van der Waals surface area contributed by atoms with Crippen LogP contribution in [-0.2, 0) is 14.9 Å². The van der Waals surface area contributed by atoms with Crippen LogP contribution in [0.1, 0.15) is 98.7 Å². The van der Waals surface area contributed by atoms with Crippen molar-refractivity contribution in [2.75, 3.05) is 20.8 Å². The molecule has 2 aliphatic carbocycles. The highest BCUT2D eigenvalue weighted by Crippen LogP contribution is 2.44. The largest absolute Gasteiger partial charge is 0.494 e. The Labute approximate surface area is 216 Å². The Balaban J connectivity index is 1.42. The van der Waals surface area contributed by atoms with E-state index in [4.69, 9.17) is 9.47 Å². The normalized spacial score (nSPS) is 18.4. The van der Waals surface area contributed by atoms with Gasteiger partial charge in [-0.3, -0.25) is 4.79 Å². The van der Waals surface area contributed by atoms with Crippen LogP contribution in [-0.4, -0.2) is 37.5 Å². The molecule has 36 heavy (non-hydrogen) atoms. The van der Waals surface area contributed by atoms with Gasteiger partial charge in [-0.2, -0.15) is 0 Å². The maximum Gasteiger partial charge on any atom is 0.337 e. The van der Waals surface area contributed by atoms with Crippen LogP contribution in [0.25, 0.3) is 0 Å². The van der Waals surface area contributed by atoms with E-state index in [-0.39, 0.29) is 17.9 Å². The summed E-state index contributed by atoms with van der Waals surface area (Å²) in [6, 6.07) is 15.5. The number of rotatable bonds is 9. The number of methoxy groups -OCH3 is 1. The smallest absolute Gasteiger partial charge is 0.337 e. The molecule has 2 aromatic rings. The molecule has 0 aliphatic heterocycles. The van der Waals surface area contributed by atoms with Crippen molar-refractivity contribution >= 4 is 11.9 Å². The molecule has 0 aromatic heterocycles. The number of hydrogen-bond acceptors (Lipinski definition) is 4. The molecule has 1 atom stereocenters. The Morgan fingerprint density at radius 1 is 0.944 bits per heavy atom. The van der Waals surface area contributed by atoms with Gasteiger partial charge in [0.25, 0.3) is 0 Å². The van der Waals surface area contributed by atoms with Gasteiger partial charge >= 0.3 is 5.97 Å². The lowest BCUT2D eigenvalue weighted by atomic mass is 9.77. The quantitative estimate of drug-likeness (QED) is 0.360. The average molecular weight is 492 g/mol. The predicted molar refractivity (Wildman–Crippen MR) is 142 cm³/mol. The zero-order valence-electron chi connectivity index (χ0n) is 22.1. The lowest BCUT2D eigenvalue weighted by Crippen LogP contribution is -2.44. The number of amides is 1. The summed E-state index contributed by atoms with van der Waals surface area (Å²) in [6.07, 6.45) is 11.8. The van der Waals surface area contributed by atoms with E-state index >= 15 is 0 Å². The molecule has 2 saturated carbocycles. The van der Waals surface area contributed by atoms with Crippen LogP contribution in [0.5, 0.6) is 5.75 Å². The first-order valence-corrected chi connectivity index (χ1v) is 13.6. The highest BCUT2D eigenvalue weighted by molar-refractivity contribution is 5.90. The third-order valence-corrected chi connectivity index (χ3v) is 8.51. The molecule has 1 unspecified atom stereocenters. The highest BCUT2D eigenvalue weighted by Gasteiger charge is 2.45.